The summed E-state index contributed by atoms with van der Waals surface area (Å²) in [5.41, 5.74) is 0.171. The molecule has 0 heterocycles. The van der Waals surface area contributed by atoms with Gasteiger partial charge in [0, 0.05) is 6.08 Å². The summed E-state index contributed by atoms with van der Waals surface area (Å²) in [6.07, 6.45) is 7.06. The Labute approximate surface area is 86.6 Å². The van der Waals surface area contributed by atoms with Gasteiger partial charge >= 0.3 is 5.97 Å². The predicted molar refractivity (Wildman–Crippen MR) is 59.0 cm³/mol. The lowest BCUT2D eigenvalue weighted by molar-refractivity contribution is -0.137. The molecule has 0 spiro atoms. The Morgan fingerprint density at radius 3 is 2.57 bits per heavy atom. The van der Waals surface area contributed by atoms with Crippen molar-refractivity contribution in [2.75, 3.05) is 6.61 Å². The van der Waals surface area contributed by atoms with Gasteiger partial charge < -0.3 is 4.74 Å². The molecule has 0 aliphatic rings. The van der Waals surface area contributed by atoms with Gasteiger partial charge in [0.15, 0.2) is 0 Å². The molecule has 0 saturated heterocycles. The summed E-state index contributed by atoms with van der Waals surface area (Å²) >= 11 is 0. The first-order valence-corrected chi connectivity index (χ1v) is 4.96. The molecule has 0 N–H and O–H groups in total. The number of carbonyl (C=O) groups excluding carboxylic acids is 1. The van der Waals surface area contributed by atoms with Gasteiger partial charge in [0.25, 0.3) is 0 Å². The van der Waals surface area contributed by atoms with Crippen LogP contribution < -0.4 is 0 Å². The van der Waals surface area contributed by atoms with Crippen LogP contribution in [0.25, 0.3) is 0 Å². The Morgan fingerprint density at radius 1 is 1.43 bits per heavy atom. The molecule has 2 heteroatoms. The topological polar surface area (TPSA) is 26.3 Å². The molecule has 0 atom stereocenters. The van der Waals surface area contributed by atoms with Gasteiger partial charge in [-0.2, -0.15) is 0 Å². The Balaban J connectivity index is 3.91. The van der Waals surface area contributed by atoms with Gasteiger partial charge in [0.1, 0.15) is 0 Å². The van der Waals surface area contributed by atoms with Crippen LogP contribution in [0, 0.1) is 5.41 Å². The molecule has 2 nitrogen and oxygen atoms in total. The minimum Gasteiger partial charge on any atom is -0.463 e. The monoisotopic (exact) mass is 196 g/mol. The van der Waals surface area contributed by atoms with E-state index in [4.69, 9.17) is 4.74 Å². The van der Waals surface area contributed by atoms with Gasteiger partial charge in [0.05, 0.1) is 6.61 Å². The third-order valence-electron chi connectivity index (χ3n) is 1.91. The molecule has 0 saturated carbocycles. The van der Waals surface area contributed by atoms with Gasteiger partial charge in [-0.15, -0.1) is 6.58 Å². The fourth-order valence-corrected chi connectivity index (χ4v) is 1.14. The molecule has 0 bridgehead atoms. The molecule has 0 aliphatic carbocycles. The standard InChI is InChI=1S/C12H20O2/c1-5-9-12(3,4)10-7-8-11(13)14-6-2/h5,7-8H,1,6,9-10H2,2-4H3/b8-7+. The summed E-state index contributed by atoms with van der Waals surface area (Å²) in [5, 5.41) is 0. The van der Waals surface area contributed by atoms with Gasteiger partial charge in [-0.25, -0.2) is 4.79 Å². The highest BCUT2D eigenvalue weighted by Gasteiger charge is 2.13. The van der Waals surface area contributed by atoms with E-state index in [1.807, 2.05) is 12.2 Å². The van der Waals surface area contributed by atoms with Gasteiger partial charge in [-0.3, -0.25) is 0 Å². The Kier molecular flexibility index (Phi) is 5.93. The summed E-state index contributed by atoms with van der Waals surface area (Å²) in [4.78, 5) is 11.0. The lowest BCUT2D eigenvalue weighted by Gasteiger charge is -2.20. The largest absolute Gasteiger partial charge is 0.463 e. The first kappa shape index (κ1) is 12.9. The number of hydrogen-bond acceptors (Lipinski definition) is 2. The number of allylic oxidation sites excluding steroid dienone is 2. The molecule has 0 radical (unpaired) electrons. The molecule has 80 valence electrons. The molecule has 0 amide bonds. The minimum atomic E-state index is -0.262. The molecule has 0 unspecified atom stereocenters. The van der Waals surface area contributed by atoms with Crippen molar-refractivity contribution in [1.82, 2.24) is 0 Å². The summed E-state index contributed by atoms with van der Waals surface area (Å²) in [6, 6.07) is 0. The van der Waals surface area contributed by atoms with Gasteiger partial charge in [0.2, 0.25) is 0 Å². The molecule has 0 aromatic rings. The number of ether oxygens (including phenoxy) is 1. The average Bonchev–Trinajstić information content (AvgIpc) is 2.03. The van der Waals surface area contributed by atoms with E-state index in [1.54, 1.807) is 6.92 Å². The van der Waals surface area contributed by atoms with Crippen LogP contribution >= 0.6 is 0 Å². The second-order valence-corrected chi connectivity index (χ2v) is 4.02. The second-order valence-electron chi connectivity index (χ2n) is 4.02. The number of carbonyl (C=O) groups is 1. The number of hydrogen-bond donors (Lipinski definition) is 0. The molecule has 0 aromatic heterocycles. The maximum Gasteiger partial charge on any atom is 0.330 e. The lowest BCUT2D eigenvalue weighted by atomic mass is 9.86. The second kappa shape index (κ2) is 6.41. The smallest absolute Gasteiger partial charge is 0.330 e. The van der Waals surface area contributed by atoms with Crippen molar-refractivity contribution in [2.24, 2.45) is 5.41 Å². The van der Waals surface area contributed by atoms with Crippen LogP contribution in [-0.2, 0) is 9.53 Å². The van der Waals surface area contributed by atoms with Crippen molar-refractivity contribution in [1.29, 1.82) is 0 Å². The summed E-state index contributed by atoms with van der Waals surface area (Å²) in [7, 11) is 0. The van der Waals surface area contributed by atoms with Gasteiger partial charge in [-0.05, 0) is 25.2 Å². The van der Waals surface area contributed by atoms with Crippen LogP contribution in [0.15, 0.2) is 24.8 Å². The Hall–Kier alpha value is -1.05. The molecule has 14 heavy (non-hydrogen) atoms. The van der Waals surface area contributed by atoms with Crippen LogP contribution in [0.3, 0.4) is 0 Å². The fraction of sp³-hybridized carbons (Fsp3) is 0.583. The first-order chi connectivity index (χ1) is 6.52. The molecular formula is C12H20O2. The minimum absolute atomic E-state index is 0.171. The Bertz CT molecular complexity index is 214. The lowest BCUT2D eigenvalue weighted by Crippen LogP contribution is -2.08. The fourth-order valence-electron chi connectivity index (χ4n) is 1.14. The van der Waals surface area contributed by atoms with E-state index in [2.05, 4.69) is 20.4 Å². The first-order valence-electron chi connectivity index (χ1n) is 4.96. The maximum absolute atomic E-state index is 11.0. The molecule has 0 rings (SSSR count). The predicted octanol–water partition coefficient (Wildman–Crippen LogP) is 3.10. The van der Waals surface area contributed by atoms with E-state index in [-0.39, 0.29) is 11.4 Å². The van der Waals surface area contributed by atoms with Crippen molar-refractivity contribution >= 4 is 5.97 Å². The zero-order chi connectivity index (χ0) is 11.0. The van der Waals surface area contributed by atoms with Crippen molar-refractivity contribution in [3.63, 3.8) is 0 Å². The quantitative estimate of drug-likeness (QED) is 0.370. The highest BCUT2D eigenvalue weighted by Crippen LogP contribution is 2.25. The normalized spacial score (nSPS) is 11.6. The van der Waals surface area contributed by atoms with E-state index in [0.717, 1.165) is 12.8 Å². The molecule has 0 fully saturated rings. The molecule has 0 aromatic carbocycles. The highest BCUT2D eigenvalue weighted by molar-refractivity contribution is 5.81. The van der Waals surface area contributed by atoms with Gasteiger partial charge in [-0.1, -0.05) is 26.0 Å². The zero-order valence-corrected chi connectivity index (χ0v) is 9.38. The summed E-state index contributed by atoms with van der Waals surface area (Å²) in [5.74, 6) is -0.262. The summed E-state index contributed by atoms with van der Waals surface area (Å²) in [6.45, 7) is 10.2. The number of rotatable bonds is 6. The van der Waals surface area contributed by atoms with Crippen molar-refractivity contribution in [3.05, 3.63) is 24.8 Å². The third-order valence-corrected chi connectivity index (χ3v) is 1.91. The van der Waals surface area contributed by atoms with E-state index in [9.17, 15) is 4.79 Å². The highest BCUT2D eigenvalue weighted by atomic mass is 16.5. The van der Waals surface area contributed by atoms with E-state index in [1.165, 1.54) is 6.08 Å². The van der Waals surface area contributed by atoms with E-state index < -0.39 is 0 Å². The van der Waals surface area contributed by atoms with E-state index in [0.29, 0.717) is 6.61 Å². The van der Waals surface area contributed by atoms with Crippen LogP contribution in [0.4, 0.5) is 0 Å². The molecule has 0 aliphatic heterocycles. The Morgan fingerprint density at radius 2 is 2.07 bits per heavy atom. The average molecular weight is 196 g/mol. The maximum atomic E-state index is 11.0. The SMILES string of the molecule is C=CCC(C)(C)C/C=C/C(=O)OCC. The van der Waals surface area contributed by atoms with Crippen LogP contribution in [0.2, 0.25) is 0 Å². The van der Waals surface area contributed by atoms with Crippen LogP contribution in [0.5, 0.6) is 0 Å². The van der Waals surface area contributed by atoms with Crippen molar-refractivity contribution in [3.8, 4) is 0 Å². The van der Waals surface area contributed by atoms with Crippen LogP contribution in [0.1, 0.15) is 33.6 Å². The third kappa shape index (κ3) is 6.46. The van der Waals surface area contributed by atoms with Crippen molar-refractivity contribution in [2.45, 2.75) is 33.6 Å². The van der Waals surface area contributed by atoms with Crippen molar-refractivity contribution < 1.29 is 9.53 Å². The van der Waals surface area contributed by atoms with Crippen LogP contribution in [-0.4, -0.2) is 12.6 Å². The van der Waals surface area contributed by atoms with E-state index >= 15 is 0 Å². The zero-order valence-electron chi connectivity index (χ0n) is 9.38. The molecular weight excluding hydrogens is 176 g/mol. The number of esters is 1. The summed E-state index contributed by atoms with van der Waals surface area (Å²) < 4.78 is 4.77.